The zero-order chi connectivity index (χ0) is 22.8. The Labute approximate surface area is 186 Å². The Hall–Kier alpha value is -3.33. The van der Waals surface area contributed by atoms with Crippen molar-refractivity contribution in [1.82, 2.24) is 10.6 Å². The fraction of sp³-hybridized carbons (Fsp3) is 0.391. The highest BCUT2D eigenvalue weighted by Gasteiger charge is 2.16. The van der Waals surface area contributed by atoms with Crippen molar-refractivity contribution in [3.63, 3.8) is 0 Å². The van der Waals surface area contributed by atoms with E-state index in [0.717, 1.165) is 19.4 Å². The Morgan fingerprint density at radius 1 is 1.06 bits per heavy atom. The summed E-state index contributed by atoms with van der Waals surface area (Å²) in [5.74, 6) is -0.283. The van der Waals surface area contributed by atoms with Crippen LogP contribution in [0.3, 0.4) is 0 Å². The fourth-order valence-electron chi connectivity index (χ4n) is 3.20. The number of nitrogens with one attached hydrogen (secondary N) is 4. The van der Waals surface area contributed by atoms with E-state index in [2.05, 4.69) is 21.3 Å². The first-order valence-electron chi connectivity index (χ1n) is 10.8. The van der Waals surface area contributed by atoms with E-state index in [4.69, 9.17) is 9.47 Å². The van der Waals surface area contributed by atoms with Crippen LogP contribution < -0.4 is 26.0 Å². The van der Waals surface area contributed by atoms with Gasteiger partial charge in [0.2, 0.25) is 0 Å². The highest BCUT2D eigenvalue weighted by molar-refractivity contribution is 5.91. The van der Waals surface area contributed by atoms with Gasteiger partial charge in [0.25, 0.3) is 0 Å². The number of rotatable bonds is 9. The van der Waals surface area contributed by atoms with Gasteiger partial charge in [0.15, 0.2) is 11.6 Å². The van der Waals surface area contributed by atoms with E-state index in [-0.39, 0.29) is 30.5 Å². The molecule has 0 radical (unpaired) electrons. The number of halogens is 1. The summed E-state index contributed by atoms with van der Waals surface area (Å²) in [5, 5.41) is 11.0. The minimum Gasteiger partial charge on any atom is -0.486 e. The van der Waals surface area contributed by atoms with Gasteiger partial charge in [-0.3, -0.25) is 0 Å². The van der Waals surface area contributed by atoms with Crippen LogP contribution in [0.15, 0.2) is 48.5 Å². The molecule has 4 amide bonds. The lowest BCUT2D eigenvalue weighted by molar-refractivity contribution is 0.112. The third kappa shape index (κ3) is 7.42. The van der Waals surface area contributed by atoms with E-state index >= 15 is 0 Å². The maximum atomic E-state index is 13.7. The average molecular weight is 445 g/mol. The van der Waals surface area contributed by atoms with Crippen LogP contribution in [0.2, 0.25) is 0 Å². The molecule has 0 spiro atoms. The molecule has 1 fully saturated rings. The van der Waals surface area contributed by atoms with Crippen LogP contribution in [0, 0.1) is 5.82 Å². The monoisotopic (exact) mass is 444 g/mol. The Morgan fingerprint density at radius 3 is 2.31 bits per heavy atom. The van der Waals surface area contributed by atoms with Crippen molar-refractivity contribution in [2.75, 3.05) is 30.3 Å². The summed E-state index contributed by atoms with van der Waals surface area (Å²) in [6.07, 6.45) is 2.29. The number of benzene rings is 2. The molecule has 8 nitrogen and oxygen atoms in total. The maximum Gasteiger partial charge on any atom is 0.319 e. The van der Waals surface area contributed by atoms with Crippen molar-refractivity contribution in [1.29, 1.82) is 0 Å². The second kappa shape index (κ2) is 11.9. The molecule has 172 valence electrons. The molecule has 0 bridgehead atoms. The topological polar surface area (TPSA) is 101 Å². The first-order valence-corrected chi connectivity index (χ1v) is 10.8. The summed E-state index contributed by atoms with van der Waals surface area (Å²) in [5.41, 5.74) is 1.17. The second-order valence-electron chi connectivity index (χ2n) is 7.46. The van der Waals surface area contributed by atoms with Gasteiger partial charge in [-0.05, 0) is 55.7 Å². The highest BCUT2D eigenvalue weighted by atomic mass is 19.1. The molecule has 0 saturated carbocycles. The summed E-state index contributed by atoms with van der Waals surface area (Å²) in [6.45, 7) is 3.34. The minimum atomic E-state index is -0.440. The number of para-hydroxylation sites is 1. The van der Waals surface area contributed by atoms with Crippen LogP contribution in [0.1, 0.15) is 26.2 Å². The average Bonchev–Trinajstić information content (AvgIpc) is 3.31. The fourth-order valence-corrected chi connectivity index (χ4v) is 3.20. The first-order chi connectivity index (χ1) is 15.5. The molecular weight excluding hydrogens is 415 g/mol. The first kappa shape index (κ1) is 23.3. The SMILES string of the molecule is CCC(CNC(=O)Nc1ccc(NC(=O)NCC2CCCO2)cc1)Oc1ccccc1F. The molecule has 0 aliphatic carbocycles. The molecule has 1 heterocycles. The number of urea groups is 2. The summed E-state index contributed by atoms with van der Waals surface area (Å²) < 4.78 is 24.8. The molecule has 32 heavy (non-hydrogen) atoms. The number of carbonyl (C=O) groups excluding carboxylic acids is 2. The van der Waals surface area contributed by atoms with Gasteiger partial charge in [0, 0.05) is 24.5 Å². The van der Waals surface area contributed by atoms with Crippen LogP contribution in [0.4, 0.5) is 25.4 Å². The Bertz CT molecular complexity index is 888. The summed E-state index contributed by atoms with van der Waals surface area (Å²) in [7, 11) is 0. The van der Waals surface area contributed by atoms with E-state index < -0.39 is 11.8 Å². The van der Waals surface area contributed by atoms with Crippen molar-refractivity contribution in [2.24, 2.45) is 0 Å². The van der Waals surface area contributed by atoms with Gasteiger partial charge < -0.3 is 30.7 Å². The van der Waals surface area contributed by atoms with E-state index in [1.54, 1.807) is 42.5 Å². The van der Waals surface area contributed by atoms with Gasteiger partial charge in [-0.1, -0.05) is 19.1 Å². The lowest BCUT2D eigenvalue weighted by Gasteiger charge is -2.18. The Morgan fingerprint density at radius 2 is 1.72 bits per heavy atom. The standard InChI is InChI=1S/C23H29FN4O4/c1-2-18(32-21-8-4-3-7-20(21)24)14-25-22(29)27-16-9-11-17(12-10-16)28-23(30)26-15-19-6-5-13-31-19/h3-4,7-12,18-19H,2,5-6,13-15H2,1H3,(H2,25,27,29)(H2,26,28,30). The molecule has 9 heteroatoms. The van der Waals surface area contributed by atoms with Crippen LogP contribution >= 0.6 is 0 Å². The number of anilines is 2. The van der Waals surface area contributed by atoms with E-state index in [9.17, 15) is 14.0 Å². The molecule has 0 aromatic heterocycles. The minimum absolute atomic E-state index is 0.0789. The number of ether oxygens (including phenoxy) is 2. The van der Waals surface area contributed by atoms with Crippen molar-refractivity contribution < 1.29 is 23.5 Å². The molecular formula is C23H29FN4O4. The summed E-state index contributed by atoms with van der Waals surface area (Å²) >= 11 is 0. The predicted octanol–water partition coefficient (Wildman–Crippen LogP) is 4.11. The van der Waals surface area contributed by atoms with E-state index in [0.29, 0.717) is 24.3 Å². The van der Waals surface area contributed by atoms with Gasteiger partial charge >= 0.3 is 12.1 Å². The van der Waals surface area contributed by atoms with Gasteiger partial charge in [0.05, 0.1) is 12.6 Å². The van der Waals surface area contributed by atoms with Gasteiger partial charge in [-0.25, -0.2) is 14.0 Å². The van der Waals surface area contributed by atoms with Crippen molar-refractivity contribution in [2.45, 2.75) is 38.4 Å². The van der Waals surface area contributed by atoms with Crippen LogP contribution in [0.5, 0.6) is 5.75 Å². The molecule has 2 aromatic rings. The van der Waals surface area contributed by atoms with Gasteiger partial charge in [0.1, 0.15) is 6.10 Å². The Kier molecular flexibility index (Phi) is 8.68. The molecule has 1 aliphatic rings. The van der Waals surface area contributed by atoms with Crippen LogP contribution in [-0.2, 0) is 4.74 Å². The summed E-state index contributed by atoms with van der Waals surface area (Å²) in [6, 6.07) is 12.2. The quantitative estimate of drug-likeness (QED) is 0.468. The lowest BCUT2D eigenvalue weighted by atomic mass is 10.2. The lowest BCUT2D eigenvalue weighted by Crippen LogP contribution is -2.37. The molecule has 2 unspecified atom stereocenters. The number of amides is 4. The van der Waals surface area contributed by atoms with Crippen molar-refractivity contribution >= 4 is 23.4 Å². The molecule has 1 aliphatic heterocycles. The third-order valence-corrected chi connectivity index (χ3v) is 4.99. The summed E-state index contributed by atoms with van der Waals surface area (Å²) in [4.78, 5) is 24.2. The van der Waals surface area contributed by atoms with Gasteiger partial charge in [-0.2, -0.15) is 0 Å². The molecule has 2 aromatic carbocycles. The number of hydrogen-bond donors (Lipinski definition) is 4. The molecule has 4 N–H and O–H groups in total. The zero-order valence-corrected chi connectivity index (χ0v) is 18.0. The van der Waals surface area contributed by atoms with Gasteiger partial charge in [-0.15, -0.1) is 0 Å². The Balaban J connectivity index is 1.39. The molecule has 2 atom stereocenters. The second-order valence-corrected chi connectivity index (χ2v) is 7.46. The predicted molar refractivity (Wildman–Crippen MR) is 121 cm³/mol. The van der Waals surface area contributed by atoms with Crippen LogP contribution in [-0.4, -0.2) is 44.0 Å². The highest BCUT2D eigenvalue weighted by Crippen LogP contribution is 2.18. The molecule has 1 saturated heterocycles. The van der Waals surface area contributed by atoms with Crippen molar-refractivity contribution in [3.05, 3.63) is 54.3 Å². The molecule has 3 rings (SSSR count). The smallest absolute Gasteiger partial charge is 0.319 e. The largest absolute Gasteiger partial charge is 0.486 e. The van der Waals surface area contributed by atoms with Crippen molar-refractivity contribution in [3.8, 4) is 5.75 Å². The van der Waals surface area contributed by atoms with E-state index in [1.807, 2.05) is 6.92 Å². The maximum absolute atomic E-state index is 13.7. The zero-order valence-electron chi connectivity index (χ0n) is 18.0. The normalized spacial score (nSPS) is 16.1. The van der Waals surface area contributed by atoms with E-state index in [1.165, 1.54) is 6.07 Å². The van der Waals surface area contributed by atoms with Crippen LogP contribution in [0.25, 0.3) is 0 Å². The third-order valence-electron chi connectivity index (χ3n) is 4.99. The number of carbonyl (C=O) groups is 2. The number of hydrogen-bond acceptors (Lipinski definition) is 4.